The van der Waals surface area contributed by atoms with Crippen molar-refractivity contribution in [3.63, 3.8) is 0 Å². The minimum Gasteiger partial charge on any atom is -0.385 e. The van der Waals surface area contributed by atoms with Gasteiger partial charge < -0.3 is 10.1 Å². The third-order valence-corrected chi connectivity index (χ3v) is 2.71. The van der Waals surface area contributed by atoms with Gasteiger partial charge in [-0.2, -0.15) is 5.26 Å². The van der Waals surface area contributed by atoms with Gasteiger partial charge in [0.2, 0.25) is 5.91 Å². The first kappa shape index (κ1) is 12.9. The highest BCUT2D eigenvalue weighted by molar-refractivity contribution is 5.78. The van der Waals surface area contributed by atoms with E-state index in [9.17, 15) is 4.79 Å². The van der Waals surface area contributed by atoms with Crippen molar-refractivity contribution in [1.29, 1.82) is 5.26 Å². The highest BCUT2D eigenvalue weighted by Gasteiger charge is 2.25. The van der Waals surface area contributed by atoms with Crippen LogP contribution in [0.5, 0.6) is 0 Å². The Balaban J connectivity index is 2.16. The fourth-order valence-corrected chi connectivity index (χ4v) is 1.85. The van der Waals surface area contributed by atoms with Gasteiger partial charge in [0.1, 0.15) is 0 Å². The first-order valence-electron chi connectivity index (χ1n) is 5.67. The van der Waals surface area contributed by atoms with E-state index in [-0.39, 0.29) is 11.9 Å². The first-order chi connectivity index (χ1) is 7.77. The second kappa shape index (κ2) is 7.20. The SMILES string of the molecule is COCCCNC(=O)CN1CCCC1C#N. The average Bonchev–Trinajstić information content (AvgIpc) is 2.71. The Morgan fingerprint density at radius 1 is 1.69 bits per heavy atom. The van der Waals surface area contributed by atoms with Crippen LogP contribution >= 0.6 is 0 Å². The highest BCUT2D eigenvalue weighted by atomic mass is 16.5. The molecule has 1 amide bonds. The van der Waals surface area contributed by atoms with Crippen molar-refractivity contribution in [2.45, 2.75) is 25.3 Å². The molecule has 0 aromatic carbocycles. The van der Waals surface area contributed by atoms with Gasteiger partial charge in [-0.1, -0.05) is 0 Å². The molecule has 0 radical (unpaired) electrons. The third-order valence-electron chi connectivity index (χ3n) is 2.71. The summed E-state index contributed by atoms with van der Waals surface area (Å²) in [6.45, 7) is 2.48. The van der Waals surface area contributed by atoms with Gasteiger partial charge in [0, 0.05) is 26.8 Å². The Bertz CT molecular complexity index is 262. The summed E-state index contributed by atoms with van der Waals surface area (Å²) in [5.41, 5.74) is 0. The maximum absolute atomic E-state index is 11.5. The Morgan fingerprint density at radius 2 is 2.50 bits per heavy atom. The molecule has 1 aliphatic heterocycles. The molecular weight excluding hydrogens is 206 g/mol. The molecule has 0 aromatic heterocycles. The van der Waals surface area contributed by atoms with Gasteiger partial charge in [0.25, 0.3) is 0 Å². The van der Waals surface area contributed by atoms with Gasteiger partial charge in [-0.15, -0.1) is 0 Å². The molecule has 1 N–H and O–H groups in total. The van der Waals surface area contributed by atoms with Crippen LogP contribution in [-0.2, 0) is 9.53 Å². The molecule has 90 valence electrons. The molecule has 0 saturated carbocycles. The predicted molar refractivity (Wildman–Crippen MR) is 59.7 cm³/mol. The molecule has 1 heterocycles. The van der Waals surface area contributed by atoms with Crippen LogP contribution in [0.3, 0.4) is 0 Å². The molecule has 1 rings (SSSR count). The van der Waals surface area contributed by atoms with Crippen LogP contribution < -0.4 is 5.32 Å². The molecular formula is C11H19N3O2. The second-order valence-corrected chi connectivity index (χ2v) is 3.95. The zero-order valence-corrected chi connectivity index (χ0v) is 9.74. The van der Waals surface area contributed by atoms with E-state index >= 15 is 0 Å². The summed E-state index contributed by atoms with van der Waals surface area (Å²) in [7, 11) is 1.64. The standard InChI is InChI=1S/C11H19N3O2/c1-16-7-3-5-13-11(15)9-14-6-2-4-10(14)8-12/h10H,2-7,9H2,1H3,(H,13,15). The Morgan fingerprint density at radius 3 is 3.19 bits per heavy atom. The van der Waals surface area contributed by atoms with Gasteiger partial charge in [-0.25, -0.2) is 0 Å². The zero-order valence-electron chi connectivity index (χ0n) is 9.74. The fourth-order valence-electron chi connectivity index (χ4n) is 1.85. The summed E-state index contributed by atoms with van der Waals surface area (Å²) in [5.74, 6) is -0.00162. The topological polar surface area (TPSA) is 65.4 Å². The van der Waals surface area contributed by atoms with Crippen molar-refractivity contribution in [2.24, 2.45) is 0 Å². The molecule has 5 nitrogen and oxygen atoms in total. The number of amides is 1. The molecule has 1 aliphatic rings. The molecule has 0 aromatic rings. The Kier molecular flexibility index (Phi) is 5.83. The third kappa shape index (κ3) is 4.17. The van der Waals surface area contributed by atoms with E-state index in [1.54, 1.807) is 7.11 Å². The smallest absolute Gasteiger partial charge is 0.234 e. The number of likely N-dealkylation sites (tertiary alicyclic amines) is 1. The van der Waals surface area contributed by atoms with E-state index in [1.807, 2.05) is 4.90 Å². The minimum absolute atomic E-state index is 0.00162. The predicted octanol–water partition coefficient (Wildman–Crippen LogP) is 0.127. The minimum atomic E-state index is -0.0790. The Hall–Kier alpha value is -1.12. The number of nitriles is 1. The summed E-state index contributed by atoms with van der Waals surface area (Å²) >= 11 is 0. The number of hydrogen-bond donors (Lipinski definition) is 1. The maximum atomic E-state index is 11.5. The number of nitrogens with zero attached hydrogens (tertiary/aromatic N) is 2. The lowest BCUT2D eigenvalue weighted by Crippen LogP contribution is -2.39. The molecule has 0 aliphatic carbocycles. The number of methoxy groups -OCH3 is 1. The molecule has 0 bridgehead atoms. The van der Waals surface area contributed by atoms with Gasteiger partial charge in [0.15, 0.2) is 0 Å². The summed E-state index contributed by atoms with van der Waals surface area (Å²) in [6, 6.07) is 2.14. The van der Waals surface area contributed by atoms with Crippen LogP contribution in [0, 0.1) is 11.3 Å². The van der Waals surface area contributed by atoms with E-state index in [1.165, 1.54) is 0 Å². The van der Waals surface area contributed by atoms with Crippen molar-refractivity contribution < 1.29 is 9.53 Å². The molecule has 1 unspecified atom stereocenters. The van der Waals surface area contributed by atoms with Gasteiger partial charge >= 0.3 is 0 Å². The molecule has 5 heteroatoms. The van der Waals surface area contributed by atoms with Gasteiger partial charge in [-0.3, -0.25) is 9.69 Å². The lowest BCUT2D eigenvalue weighted by Gasteiger charge is -2.18. The van der Waals surface area contributed by atoms with Crippen molar-refractivity contribution >= 4 is 5.91 Å². The van der Waals surface area contributed by atoms with E-state index < -0.39 is 0 Å². The van der Waals surface area contributed by atoms with Gasteiger partial charge in [0.05, 0.1) is 18.7 Å². The van der Waals surface area contributed by atoms with Crippen LogP contribution in [0.4, 0.5) is 0 Å². The van der Waals surface area contributed by atoms with Crippen molar-refractivity contribution in [2.75, 3.05) is 33.4 Å². The van der Waals surface area contributed by atoms with E-state index in [4.69, 9.17) is 10.00 Å². The zero-order chi connectivity index (χ0) is 11.8. The van der Waals surface area contributed by atoms with Gasteiger partial charge in [-0.05, 0) is 19.3 Å². The number of carbonyl (C=O) groups excluding carboxylic acids is 1. The largest absolute Gasteiger partial charge is 0.385 e. The van der Waals surface area contributed by atoms with E-state index in [0.29, 0.717) is 19.7 Å². The highest BCUT2D eigenvalue weighted by Crippen LogP contribution is 2.15. The quantitative estimate of drug-likeness (QED) is 0.652. The number of ether oxygens (including phenoxy) is 1. The summed E-state index contributed by atoms with van der Waals surface area (Å²) in [4.78, 5) is 13.5. The number of nitrogens with one attached hydrogen (secondary N) is 1. The molecule has 0 spiro atoms. The van der Waals surface area contributed by atoms with Crippen LogP contribution in [0.15, 0.2) is 0 Å². The summed E-state index contributed by atoms with van der Waals surface area (Å²) < 4.78 is 4.89. The fraction of sp³-hybridized carbons (Fsp3) is 0.818. The van der Waals surface area contributed by atoms with Crippen LogP contribution in [-0.4, -0.2) is 50.2 Å². The summed E-state index contributed by atoms with van der Waals surface area (Å²) in [5, 5.41) is 11.7. The maximum Gasteiger partial charge on any atom is 0.234 e. The molecule has 16 heavy (non-hydrogen) atoms. The van der Waals surface area contributed by atoms with Crippen molar-refractivity contribution in [1.82, 2.24) is 10.2 Å². The molecule has 1 saturated heterocycles. The normalized spacial score (nSPS) is 20.6. The van der Waals surface area contributed by atoms with Crippen LogP contribution in [0.25, 0.3) is 0 Å². The number of hydrogen-bond acceptors (Lipinski definition) is 4. The number of carbonyl (C=O) groups is 1. The lowest BCUT2D eigenvalue weighted by atomic mass is 10.2. The Labute approximate surface area is 96.4 Å². The van der Waals surface area contributed by atoms with Crippen LogP contribution in [0.1, 0.15) is 19.3 Å². The molecule has 1 atom stereocenters. The van der Waals surface area contributed by atoms with E-state index in [0.717, 1.165) is 25.8 Å². The molecule has 1 fully saturated rings. The monoisotopic (exact) mass is 225 g/mol. The summed E-state index contributed by atoms with van der Waals surface area (Å²) in [6.07, 6.45) is 2.71. The van der Waals surface area contributed by atoms with E-state index in [2.05, 4.69) is 11.4 Å². The lowest BCUT2D eigenvalue weighted by molar-refractivity contribution is -0.122. The van der Waals surface area contributed by atoms with Crippen molar-refractivity contribution in [3.05, 3.63) is 0 Å². The second-order valence-electron chi connectivity index (χ2n) is 3.95. The first-order valence-corrected chi connectivity index (χ1v) is 5.67. The van der Waals surface area contributed by atoms with Crippen LogP contribution in [0.2, 0.25) is 0 Å². The number of rotatable bonds is 6. The average molecular weight is 225 g/mol. The van der Waals surface area contributed by atoms with Crippen molar-refractivity contribution in [3.8, 4) is 6.07 Å².